The molecule has 0 saturated carbocycles. The molecule has 3 rings (SSSR count). The topological polar surface area (TPSA) is 71.4 Å². The number of hydrogen-bond donors (Lipinski definition) is 1. The van der Waals surface area contributed by atoms with E-state index in [1.54, 1.807) is 0 Å². The van der Waals surface area contributed by atoms with Crippen molar-refractivity contribution in [3.05, 3.63) is 58.1 Å². The molecule has 1 heterocycles. The van der Waals surface area contributed by atoms with Crippen molar-refractivity contribution in [2.45, 2.75) is 31.3 Å². The summed E-state index contributed by atoms with van der Waals surface area (Å²) in [6, 6.07) is 10.2. The zero-order valence-electron chi connectivity index (χ0n) is 16.3. The maximum Gasteiger partial charge on any atom is 0.438 e. The number of hydrogen-bond acceptors (Lipinski definition) is 5. The number of amides is 1. The van der Waals surface area contributed by atoms with Crippen LogP contribution >= 0.6 is 23.2 Å². The van der Waals surface area contributed by atoms with Crippen molar-refractivity contribution in [3.8, 4) is 11.5 Å². The lowest BCUT2D eigenvalue weighted by atomic mass is 10.0. The van der Waals surface area contributed by atoms with E-state index in [1.807, 2.05) is 0 Å². The van der Waals surface area contributed by atoms with Crippen molar-refractivity contribution in [2.75, 3.05) is 7.11 Å². The highest BCUT2D eigenvalue weighted by Crippen LogP contribution is 2.42. The van der Waals surface area contributed by atoms with Crippen LogP contribution in [0.5, 0.6) is 11.5 Å². The van der Waals surface area contributed by atoms with Gasteiger partial charge in [0.05, 0.1) is 24.3 Å². The van der Waals surface area contributed by atoms with Gasteiger partial charge in [-0.05, 0) is 55.0 Å². The van der Waals surface area contributed by atoms with E-state index in [0.29, 0.717) is 16.3 Å². The summed E-state index contributed by atoms with van der Waals surface area (Å²) < 4.78 is 51.7. The number of halogens is 5. The van der Waals surface area contributed by atoms with Gasteiger partial charge in [0.1, 0.15) is 11.5 Å². The highest BCUT2D eigenvalue weighted by atomic mass is 35.5. The van der Waals surface area contributed by atoms with Crippen LogP contribution in [0.4, 0.5) is 13.2 Å². The van der Waals surface area contributed by atoms with Gasteiger partial charge in [0, 0.05) is 5.02 Å². The van der Waals surface area contributed by atoms with Crippen LogP contribution in [-0.4, -0.2) is 46.8 Å². The van der Waals surface area contributed by atoms with Gasteiger partial charge in [-0.25, -0.2) is 0 Å². The Morgan fingerprint density at radius 2 is 1.87 bits per heavy atom. The fourth-order valence-electron chi connectivity index (χ4n) is 2.93. The molecule has 0 saturated heterocycles. The normalized spacial score (nSPS) is 19.7. The van der Waals surface area contributed by atoms with E-state index in [-0.39, 0.29) is 21.5 Å². The number of hydrazone groups is 1. The van der Waals surface area contributed by atoms with Crippen molar-refractivity contribution in [1.29, 1.82) is 0 Å². The molecule has 0 aromatic heterocycles. The van der Waals surface area contributed by atoms with Crippen LogP contribution in [-0.2, 0) is 4.79 Å². The fourth-order valence-corrected chi connectivity index (χ4v) is 3.38. The predicted octanol–water partition coefficient (Wildman–Crippen LogP) is 4.66. The molecule has 11 heteroatoms. The van der Waals surface area contributed by atoms with Gasteiger partial charge >= 0.3 is 6.18 Å². The van der Waals surface area contributed by atoms with Gasteiger partial charge in [-0.1, -0.05) is 23.2 Å². The highest BCUT2D eigenvalue weighted by Gasteiger charge is 2.63. The van der Waals surface area contributed by atoms with Crippen LogP contribution in [0.1, 0.15) is 18.9 Å². The van der Waals surface area contributed by atoms with E-state index in [9.17, 15) is 23.1 Å². The monoisotopic (exact) mass is 476 g/mol. The second-order valence-corrected chi connectivity index (χ2v) is 7.59. The van der Waals surface area contributed by atoms with Gasteiger partial charge in [0.25, 0.3) is 11.6 Å². The minimum absolute atomic E-state index is 0.0149. The molecular formula is C20H17Cl2F3N2O4. The van der Waals surface area contributed by atoms with Gasteiger partial charge in [-0.2, -0.15) is 23.3 Å². The number of carbonyl (C=O) groups excluding carboxylic acids is 1. The van der Waals surface area contributed by atoms with Gasteiger partial charge in [0.15, 0.2) is 6.10 Å². The molecule has 1 N–H and O–H groups in total. The number of carbonyl (C=O) groups is 1. The first-order chi connectivity index (χ1) is 14.5. The first-order valence-electron chi connectivity index (χ1n) is 8.93. The third-order valence-corrected chi connectivity index (χ3v) is 5.15. The van der Waals surface area contributed by atoms with Crippen molar-refractivity contribution < 1.29 is 32.5 Å². The van der Waals surface area contributed by atoms with E-state index in [4.69, 9.17) is 32.7 Å². The average molecular weight is 477 g/mol. The van der Waals surface area contributed by atoms with E-state index in [0.717, 1.165) is 0 Å². The van der Waals surface area contributed by atoms with Crippen molar-refractivity contribution in [2.24, 2.45) is 5.10 Å². The number of methoxy groups -OCH3 is 1. The molecule has 0 radical (unpaired) electrons. The predicted molar refractivity (Wildman–Crippen MR) is 109 cm³/mol. The van der Waals surface area contributed by atoms with Gasteiger partial charge in [0.2, 0.25) is 0 Å². The molecule has 2 aromatic carbocycles. The zero-order valence-corrected chi connectivity index (χ0v) is 17.8. The first kappa shape index (κ1) is 23.2. The van der Waals surface area contributed by atoms with E-state index in [2.05, 4.69) is 5.10 Å². The smallest absolute Gasteiger partial charge is 0.438 e. The summed E-state index contributed by atoms with van der Waals surface area (Å²) in [4.78, 5) is 12.8. The lowest BCUT2D eigenvalue weighted by molar-refractivity contribution is -0.303. The molecule has 0 unspecified atom stereocenters. The summed E-state index contributed by atoms with van der Waals surface area (Å²) in [5.41, 5.74) is -3.35. The van der Waals surface area contributed by atoms with E-state index in [1.165, 1.54) is 56.5 Å². The number of rotatable bonds is 5. The molecule has 6 nitrogen and oxygen atoms in total. The Morgan fingerprint density at radius 1 is 1.23 bits per heavy atom. The molecule has 31 heavy (non-hydrogen) atoms. The van der Waals surface area contributed by atoms with Crippen LogP contribution in [0.2, 0.25) is 10.0 Å². The number of benzene rings is 2. The Hall–Kier alpha value is -2.49. The average Bonchev–Trinajstić information content (AvgIpc) is 3.08. The van der Waals surface area contributed by atoms with E-state index >= 15 is 0 Å². The van der Waals surface area contributed by atoms with Crippen LogP contribution in [0.15, 0.2) is 47.6 Å². The SMILES string of the molecule is COc1ccc(C2=NN(C(=O)[C@H](C)Oc3ccc(Cl)cc3Cl)[C@](O)(C(F)(F)F)C2)cc1. The van der Waals surface area contributed by atoms with Crippen LogP contribution in [0.3, 0.4) is 0 Å². The standard InChI is InChI=1S/C20H17Cl2F3N2O4/c1-11(31-17-8-5-13(21)9-15(17)22)18(28)27-19(29,20(23,24)25)10-16(26-27)12-3-6-14(30-2)7-4-12/h3-9,11,29H,10H2,1-2H3/t11-,19+/m0/s1. The third kappa shape index (κ3) is 4.58. The summed E-state index contributed by atoms with van der Waals surface area (Å²) in [5, 5.41) is 14.6. The lowest BCUT2D eigenvalue weighted by Gasteiger charge is -2.33. The summed E-state index contributed by atoms with van der Waals surface area (Å²) in [6.07, 6.45) is -7.55. The Morgan fingerprint density at radius 3 is 2.42 bits per heavy atom. The zero-order chi connectivity index (χ0) is 23.0. The number of ether oxygens (including phenoxy) is 2. The second-order valence-electron chi connectivity index (χ2n) is 6.75. The molecule has 0 aliphatic carbocycles. The number of aliphatic hydroxyl groups is 1. The minimum atomic E-state index is -5.17. The van der Waals surface area contributed by atoms with Crippen LogP contribution in [0, 0.1) is 0 Å². The van der Waals surface area contributed by atoms with Crippen molar-refractivity contribution in [1.82, 2.24) is 5.01 Å². The third-order valence-electron chi connectivity index (χ3n) is 4.62. The molecule has 0 spiro atoms. The van der Waals surface area contributed by atoms with Gasteiger partial charge in [-0.15, -0.1) is 0 Å². The number of nitrogens with zero attached hydrogens (tertiary/aromatic N) is 2. The lowest BCUT2D eigenvalue weighted by Crippen LogP contribution is -2.58. The summed E-state index contributed by atoms with van der Waals surface area (Å²) >= 11 is 11.8. The Balaban J connectivity index is 1.91. The summed E-state index contributed by atoms with van der Waals surface area (Å²) in [7, 11) is 1.44. The molecule has 2 atom stereocenters. The Labute approximate surface area is 185 Å². The largest absolute Gasteiger partial charge is 0.497 e. The Bertz CT molecular complexity index is 1010. The molecule has 0 fully saturated rings. The first-order valence-corrected chi connectivity index (χ1v) is 9.68. The van der Waals surface area contributed by atoms with Gasteiger partial charge < -0.3 is 14.6 Å². The Kier molecular flexibility index (Phi) is 6.40. The minimum Gasteiger partial charge on any atom is -0.497 e. The van der Waals surface area contributed by atoms with Crippen molar-refractivity contribution >= 4 is 34.8 Å². The maximum atomic E-state index is 13.7. The molecule has 1 amide bonds. The number of alkyl halides is 3. The molecule has 166 valence electrons. The van der Waals surface area contributed by atoms with Crippen molar-refractivity contribution in [3.63, 3.8) is 0 Å². The molecule has 0 bridgehead atoms. The summed E-state index contributed by atoms with van der Waals surface area (Å²) in [5.74, 6) is -0.668. The van der Waals surface area contributed by atoms with Crippen LogP contribution < -0.4 is 9.47 Å². The molecule has 1 aliphatic heterocycles. The van der Waals surface area contributed by atoms with Gasteiger partial charge in [-0.3, -0.25) is 4.79 Å². The quantitative estimate of drug-likeness (QED) is 0.681. The van der Waals surface area contributed by atoms with Crippen LogP contribution in [0.25, 0.3) is 0 Å². The highest BCUT2D eigenvalue weighted by molar-refractivity contribution is 6.35. The second kappa shape index (κ2) is 8.57. The summed E-state index contributed by atoms with van der Waals surface area (Å²) in [6.45, 7) is 1.23. The fraction of sp³-hybridized carbons (Fsp3) is 0.300. The van der Waals surface area contributed by atoms with E-state index < -0.39 is 30.3 Å². The molecule has 2 aromatic rings. The molecule has 1 aliphatic rings. The molecular weight excluding hydrogens is 460 g/mol. The maximum absolute atomic E-state index is 13.7.